The summed E-state index contributed by atoms with van der Waals surface area (Å²) in [6.45, 7) is 7.51. The van der Waals surface area contributed by atoms with E-state index in [1.54, 1.807) is 26.0 Å². The van der Waals surface area contributed by atoms with Crippen molar-refractivity contribution in [2.75, 3.05) is 0 Å². The van der Waals surface area contributed by atoms with Crippen LogP contribution >= 0.6 is 12.4 Å². The van der Waals surface area contributed by atoms with Crippen molar-refractivity contribution in [3.05, 3.63) is 30.1 Å². The quantitative estimate of drug-likeness (QED) is 0.728. The van der Waals surface area contributed by atoms with Crippen LogP contribution < -0.4 is 10.5 Å². The van der Waals surface area contributed by atoms with Crippen molar-refractivity contribution in [1.29, 1.82) is 0 Å². The molecule has 0 aromatic heterocycles. The van der Waals surface area contributed by atoms with Gasteiger partial charge >= 0.3 is 5.97 Å². The van der Waals surface area contributed by atoms with Crippen molar-refractivity contribution in [3.63, 3.8) is 0 Å². The van der Waals surface area contributed by atoms with Crippen LogP contribution in [0.25, 0.3) is 0 Å². The van der Waals surface area contributed by atoms with Gasteiger partial charge in [-0.05, 0) is 56.9 Å². The van der Waals surface area contributed by atoms with Crippen LogP contribution in [-0.4, -0.2) is 24.2 Å². The monoisotopic (exact) mass is 347 g/mol. The van der Waals surface area contributed by atoms with E-state index in [9.17, 15) is 9.18 Å². The maximum absolute atomic E-state index is 13.0. The number of nitrogens with two attached hydrogens (primary N) is 1. The second-order valence-corrected chi connectivity index (χ2v) is 5.54. The fourth-order valence-corrected chi connectivity index (χ4v) is 2.36. The summed E-state index contributed by atoms with van der Waals surface area (Å²) < 4.78 is 24.4. The predicted octanol–water partition coefficient (Wildman–Crippen LogP) is 3.71. The first-order valence-electron chi connectivity index (χ1n) is 7.77. The van der Waals surface area contributed by atoms with Crippen molar-refractivity contribution in [2.45, 2.75) is 58.8 Å². The van der Waals surface area contributed by atoms with E-state index >= 15 is 0 Å². The molecule has 0 saturated heterocycles. The van der Waals surface area contributed by atoms with E-state index in [2.05, 4.69) is 13.8 Å². The molecule has 0 saturated carbocycles. The molecule has 1 aromatic carbocycles. The van der Waals surface area contributed by atoms with Crippen LogP contribution in [0.2, 0.25) is 0 Å². The van der Waals surface area contributed by atoms with Gasteiger partial charge in [-0.1, -0.05) is 13.8 Å². The third-order valence-electron chi connectivity index (χ3n) is 3.74. The van der Waals surface area contributed by atoms with Gasteiger partial charge in [0.25, 0.3) is 0 Å². The third-order valence-corrected chi connectivity index (χ3v) is 3.74. The van der Waals surface area contributed by atoms with Crippen molar-refractivity contribution >= 4 is 18.4 Å². The lowest BCUT2D eigenvalue weighted by molar-refractivity contribution is -0.155. The molecule has 0 fully saturated rings. The summed E-state index contributed by atoms with van der Waals surface area (Å²) in [4.78, 5) is 11.7. The van der Waals surface area contributed by atoms with Crippen LogP contribution in [0, 0.1) is 11.7 Å². The van der Waals surface area contributed by atoms with Crippen LogP contribution in [0.5, 0.6) is 5.75 Å². The lowest BCUT2D eigenvalue weighted by atomic mass is 9.93. The third kappa shape index (κ3) is 6.75. The molecule has 1 rings (SSSR count). The average molecular weight is 348 g/mol. The second kappa shape index (κ2) is 10.4. The molecule has 23 heavy (non-hydrogen) atoms. The standard InChI is InChI=1S/C17H26FNO3.ClH/c1-5-13(6-2)16(12(4)21-17(20)11(3)19)22-15-9-7-14(18)8-10-15;/h7-13,16H,5-6,19H2,1-4H3;1H/t11-,12-,16-;/m0./s1. The van der Waals surface area contributed by atoms with Crippen molar-refractivity contribution in [2.24, 2.45) is 11.7 Å². The van der Waals surface area contributed by atoms with Crippen LogP contribution in [0.15, 0.2) is 24.3 Å². The molecule has 3 atom stereocenters. The maximum atomic E-state index is 13.0. The smallest absolute Gasteiger partial charge is 0.323 e. The summed E-state index contributed by atoms with van der Waals surface area (Å²) in [7, 11) is 0. The molecule has 132 valence electrons. The number of hydrogen-bond donors (Lipinski definition) is 1. The molecule has 0 amide bonds. The number of benzene rings is 1. The van der Waals surface area contributed by atoms with Gasteiger partial charge in [0, 0.05) is 0 Å². The highest BCUT2D eigenvalue weighted by atomic mass is 35.5. The molecule has 2 N–H and O–H groups in total. The minimum absolute atomic E-state index is 0. The van der Waals surface area contributed by atoms with Gasteiger partial charge in [-0.15, -0.1) is 12.4 Å². The van der Waals surface area contributed by atoms with Crippen LogP contribution in [0.1, 0.15) is 40.5 Å². The molecule has 0 heterocycles. The topological polar surface area (TPSA) is 61.5 Å². The zero-order valence-electron chi connectivity index (χ0n) is 14.1. The van der Waals surface area contributed by atoms with E-state index in [1.807, 2.05) is 0 Å². The van der Waals surface area contributed by atoms with Crippen LogP contribution in [0.4, 0.5) is 4.39 Å². The maximum Gasteiger partial charge on any atom is 0.323 e. The highest BCUT2D eigenvalue weighted by molar-refractivity contribution is 5.85. The SMILES string of the molecule is CCC(CC)[C@@H](Oc1ccc(F)cc1)[C@H](C)OC(=O)[C@H](C)N.Cl. The van der Waals surface area contributed by atoms with Gasteiger partial charge in [-0.2, -0.15) is 0 Å². The van der Waals surface area contributed by atoms with Crippen molar-refractivity contribution in [1.82, 2.24) is 0 Å². The largest absolute Gasteiger partial charge is 0.486 e. The Hall–Kier alpha value is -1.33. The van der Waals surface area contributed by atoms with E-state index in [1.165, 1.54) is 12.1 Å². The number of esters is 1. The van der Waals surface area contributed by atoms with Crippen LogP contribution in [-0.2, 0) is 9.53 Å². The van der Waals surface area contributed by atoms with E-state index in [-0.39, 0.29) is 30.2 Å². The molecular weight excluding hydrogens is 321 g/mol. The summed E-state index contributed by atoms with van der Waals surface area (Å²) in [5.74, 6) is 0.0111. The minimum Gasteiger partial charge on any atom is -0.486 e. The summed E-state index contributed by atoms with van der Waals surface area (Å²) in [5, 5.41) is 0. The highest BCUT2D eigenvalue weighted by Crippen LogP contribution is 2.24. The Balaban J connectivity index is 0.00000484. The zero-order valence-corrected chi connectivity index (χ0v) is 14.9. The van der Waals surface area contributed by atoms with Gasteiger partial charge in [0.05, 0.1) is 0 Å². The first-order valence-corrected chi connectivity index (χ1v) is 7.77. The van der Waals surface area contributed by atoms with Gasteiger partial charge in [-0.3, -0.25) is 4.79 Å². The molecule has 0 radical (unpaired) electrons. The first-order chi connectivity index (χ1) is 10.4. The average Bonchev–Trinajstić information content (AvgIpc) is 2.49. The van der Waals surface area contributed by atoms with Crippen LogP contribution in [0.3, 0.4) is 0 Å². The van der Waals surface area contributed by atoms with Gasteiger partial charge < -0.3 is 15.2 Å². The lowest BCUT2D eigenvalue weighted by Crippen LogP contribution is -2.42. The number of carbonyl (C=O) groups is 1. The molecular formula is C17H27ClFNO3. The molecule has 0 aliphatic rings. The fraction of sp³-hybridized carbons (Fsp3) is 0.588. The molecule has 0 aliphatic carbocycles. The molecule has 0 aliphatic heterocycles. The number of ether oxygens (including phenoxy) is 2. The van der Waals surface area contributed by atoms with Gasteiger partial charge in [0.2, 0.25) is 0 Å². The molecule has 0 bridgehead atoms. The molecule has 0 spiro atoms. The molecule has 0 unspecified atom stereocenters. The van der Waals surface area contributed by atoms with Crippen molar-refractivity contribution in [3.8, 4) is 5.75 Å². The predicted molar refractivity (Wildman–Crippen MR) is 91.3 cm³/mol. The highest BCUT2D eigenvalue weighted by Gasteiger charge is 2.30. The first kappa shape index (κ1) is 21.7. The zero-order chi connectivity index (χ0) is 16.7. The van der Waals surface area contributed by atoms with Gasteiger partial charge in [-0.25, -0.2) is 4.39 Å². The normalized spacial score (nSPS) is 14.6. The summed E-state index contributed by atoms with van der Waals surface area (Å²) in [6.07, 6.45) is 1.04. The summed E-state index contributed by atoms with van der Waals surface area (Å²) in [6, 6.07) is 5.17. The van der Waals surface area contributed by atoms with E-state index < -0.39 is 18.1 Å². The van der Waals surface area contributed by atoms with Gasteiger partial charge in [0.15, 0.2) is 0 Å². The Morgan fingerprint density at radius 2 is 1.70 bits per heavy atom. The lowest BCUT2D eigenvalue weighted by Gasteiger charge is -2.31. The Kier molecular flexibility index (Phi) is 9.84. The number of hydrogen-bond acceptors (Lipinski definition) is 4. The Morgan fingerprint density at radius 3 is 2.13 bits per heavy atom. The van der Waals surface area contributed by atoms with E-state index in [0.29, 0.717) is 5.75 Å². The summed E-state index contributed by atoms with van der Waals surface area (Å²) >= 11 is 0. The summed E-state index contributed by atoms with van der Waals surface area (Å²) in [5.41, 5.74) is 5.54. The molecule has 4 nitrogen and oxygen atoms in total. The fourth-order valence-electron chi connectivity index (χ4n) is 2.36. The van der Waals surface area contributed by atoms with E-state index in [0.717, 1.165) is 12.8 Å². The molecule has 6 heteroatoms. The Morgan fingerprint density at radius 1 is 1.17 bits per heavy atom. The minimum atomic E-state index is -0.671. The van der Waals surface area contributed by atoms with Crippen molar-refractivity contribution < 1.29 is 18.7 Å². The number of halogens is 2. The second-order valence-electron chi connectivity index (χ2n) is 5.54. The number of rotatable bonds is 8. The Labute approximate surface area is 143 Å². The van der Waals surface area contributed by atoms with E-state index in [4.69, 9.17) is 15.2 Å². The van der Waals surface area contributed by atoms with Gasteiger partial charge in [0.1, 0.15) is 29.8 Å². The molecule has 1 aromatic rings. The number of carbonyl (C=O) groups excluding carboxylic acids is 1. The Bertz CT molecular complexity index is 463.